The minimum absolute atomic E-state index is 0.368. The highest BCUT2D eigenvalue weighted by Crippen LogP contribution is 2.18. The molecule has 0 unspecified atom stereocenters. The molecule has 0 aliphatic carbocycles. The van der Waals surface area contributed by atoms with E-state index in [1.807, 2.05) is 52.0 Å². The number of hydrogen-bond acceptors (Lipinski definition) is 3. The van der Waals surface area contributed by atoms with E-state index in [1.165, 1.54) is 0 Å². The van der Waals surface area contributed by atoms with Gasteiger partial charge >= 0.3 is 6.09 Å². The van der Waals surface area contributed by atoms with Crippen LogP contribution in [0.2, 0.25) is 0 Å². The van der Waals surface area contributed by atoms with Crippen LogP contribution in [0.15, 0.2) is 24.3 Å². The van der Waals surface area contributed by atoms with Gasteiger partial charge in [-0.25, -0.2) is 14.3 Å². The quantitative estimate of drug-likeness (QED) is 0.774. The molecule has 2 rings (SSSR count). The van der Waals surface area contributed by atoms with Crippen LogP contribution >= 0.6 is 0 Å². The fourth-order valence-corrected chi connectivity index (χ4v) is 1.82. The first-order valence-corrected chi connectivity index (χ1v) is 6.12. The molecule has 0 fully saturated rings. The number of aromatic nitrogens is 2. The lowest BCUT2D eigenvalue weighted by Gasteiger charge is -2.20. The van der Waals surface area contributed by atoms with Crippen molar-refractivity contribution in [3.8, 4) is 0 Å². The Labute approximate surface area is 107 Å². The number of imidazole rings is 1. The van der Waals surface area contributed by atoms with Gasteiger partial charge in [0.05, 0.1) is 11.0 Å². The summed E-state index contributed by atoms with van der Waals surface area (Å²) in [7, 11) is 0. The highest BCUT2D eigenvalue weighted by atomic mass is 16.6. The first-order valence-electron chi connectivity index (χ1n) is 6.12. The standard InChI is InChI=1S/C14H18N2O2/c1-5-12-15-10-8-6-7-9-11(10)16(12)13(17)18-14(2,3)4/h6-9H,5H2,1-4H3. The minimum Gasteiger partial charge on any atom is -0.443 e. The van der Waals surface area contributed by atoms with Crippen LogP contribution in [0.5, 0.6) is 0 Å². The number of carbonyl (C=O) groups excluding carboxylic acids is 1. The van der Waals surface area contributed by atoms with Crippen molar-refractivity contribution in [3.63, 3.8) is 0 Å². The molecule has 0 saturated heterocycles. The Bertz CT molecular complexity index is 579. The third-order valence-electron chi connectivity index (χ3n) is 2.52. The number of carbonyl (C=O) groups is 1. The molecule has 1 aromatic heterocycles. The number of ether oxygens (including phenoxy) is 1. The van der Waals surface area contributed by atoms with E-state index in [4.69, 9.17) is 4.74 Å². The summed E-state index contributed by atoms with van der Waals surface area (Å²) in [6.07, 6.45) is 0.321. The van der Waals surface area contributed by atoms with Crippen LogP contribution in [0.25, 0.3) is 11.0 Å². The number of nitrogens with zero attached hydrogens (tertiary/aromatic N) is 2. The molecule has 2 aromatic rings. The summed E-state index contributed by atoms with van der Waals surface area (Å²) in [4.78, 5) is 16.7. The van der Waals surface area contributed by atoms with Crippen molar-refractivity contribution in [2.24, 2.45) is 0 Å². The van der Waals surface area contributed by atoms with E-state index in [1.54, 1.807) is 4.57 Å². The Kier molecular flexibility index (Phi) is 3.11. The van der Waals surface area contributed by atoms with Crippen LogP contribution in [0.4, 0.5) is 4.79 Å². The van der Waals surface area contributed by atoms with Crippen LogP contribution < -0.4 is 0 Å². The molecule has 0 saturated carbocycles. The van der Waals surface area contributed by atoms with E-state index in [0.717, 1.165) is 16.9 Å². The van der Waals surface area contributed by atoms with Crippen LogP contribution in [-0.4, -0.2) is 21.2 Å². The molecule has 4 nitrogen and oxygen atoms in total. The van der Waals surface area contributed by atoms with Crippen molar-refractivity contribution < 1.29 is 9.53 Å². The van der Waals surface area contributed by atoms with Gasteiger partial charge in [-0.05, 0) is 32.9 Å². The van der Waals surface area contributed by atoms with Gasteiger partial charge in [0.1, 0.15) is 11.4 Å². The number of hydrogen-bond donors (Lipinski definition) is 0. The Balaban J connectivity index is 2.51. The summed E-state index contributed by atoms with van der Waals surface area (Å²) < 4.78 is 6.97. The number of para-hydroxylation sites is 2. The van der Waals surface area contributed by atoms with Crippen molar-refractivity contribution in [3.05, 3.63) is 30.1 Å². The molecule has 0 bridgehead atoms. The number of benzene rings is 1. The summed E-state index contributed by atoms with van der Waals surface area (Å²) >= 11 is 0. The second-order valence-corrected chi connectivity index (χ2v) is 5.19. The largest absolute Gasteiger partial charge is 0.443 e. The molecular weight excluding hydrogens is 228 g/mol. The summed E-state index contributed by atoms with van der Waals surface area (Å²) in [5, 5.41) is 0. The molecule has 18 heavy (non-hydrogen) atoms. The molecule has 0 aliphatic rings. The van der Waals surface area contributed by atoms with Crippen LogP contribution in [0.1, 0.15) is 33.5 Å². The summed E-state index contributed by atoms with van der Waals surface area (Å²) in [6.45, 7) is 7.54. The third kappa shape index (κ3) is 2.37. The zero-order chi connectivity index (χ0) is 13.3. The van der Waals surface area contributed by atoms with E-state index in [-0.39, 0.29) is 6.09 Å². The zero-order valence-corrected chi connectivity index (χ0v) is 11.2. The van der Waals surface area contributed by atoms with Crippen molar-refractivity contribution >= 4 is 17.1 Å². The topological polar surface area (TPSA) is 44.1 Å². The molecule has 1 aromatic carbocycles. The van der Waals surface area contributed by atoms with E-state index >= 15 is 0 Å². The lowest BCUT2D eigenvalue weighted by Crippen LogP contribution is -2.28. The summed E-state index contributed by atoms with van der Waals surface area (Å²) in [5.74, 6) is 0.727. The summed E-state index contributed by atoms with van der Waals surface area (Å²) in [5.41, 5.74) is 1.11. The Morgan fingerprint density at radius 3 is 2.61 bits per heavy atom. The number of aryl methyl sites for hydroxylation is 1. The fraction of sp³-hybridized carbons (Fsp3) is 0.429. The SMILES string of the molecule is CCc1nc2ccccc2n1C(=O)OC(C)(C)C. The van der Waals surface area contributed by atoms with Gasteiger partial charge in [0.25, 0.3) is 0 Å². The smallest absolute Gasteiger partial charge is 0.420 e. The minimum atomic E-state index is -0.506. The monoisotopic (exact) mass is 246 g/mol. The molecule has 0 amide bonds. The lowest BCUT2D eigenvalue weighted by molar-refractivity contribution is 0.0539. The van der Waals surface area contributed by atoms with Gasteiger partial charge in [0.2, 0.25) is 0 Å². The second kappa shape index (κ2) is 4.44. The fourth-order valence-electron chi connectivity index (χ4n) is 1.82. The second-order valence-electron chi connectivity index (χ2n) is 5.19. The zero-order valence-electron chi connectivity index (χ0n) is 11.2. The van der Waals surface area contributed by atoms with E-state index in [9.17, 15) is 4.79 Å². The molecule has 0 aliphatic heterocycles. The first-order chi connectivity index (χ1) is 8.42. The van der Waals surface area contributed by atoms with Gasteiger partial charge in [-0.2, -0.15) is 0 Å². The van der Waals surface area contributed by atoms with Gasteiger partial charge < -0.3 is 4.74 Å². The Morgan fingerprint density at radius 1 is 1.33 bits per heavy atom. The van der Waals surface area contributed by atoms with Gasteiger partial charge in [-0.15, -0.1) is 0 Å². The van der Waals surface area contributed by atoms with Gasteiger partial charge in [-0.3, -0.25) is 0 Å². The average molecular weight is 246 g/mol. The van der Waals surface area contributed by atoms with Crippen LogP contribution in [0, 0.1) is 0 Å². The van der Waals surface area contributed by atoms with Gasteiger partial charge in [0, 0.05) is 6.42 Å². The van der Waals surface area contributed by atoms with Crippen molar-refractivity contribution in [2.75, 3.05) is 0 Å². The molecule has 0 atom stereocenters. The molecular formula is C14H18N2O2. The molecule has 0 N–H and O–H groups in total. The summed E-state index contributed by atoms with van der Waals surface area (Å²) in [6, 6.07) is 7.58. The van der Waals surface area contributed by atoms with Crippen molar-refractivity contribution in [1.29, 1.82) is 0 Å². The van der Waals surface area contributed by atoms with Crippen molar-refractivity contribution in [2.45, 2.75) is 39.7 Å². The molecule has 4 heteroatoms. The molecule has 0 radical (unpaired) electrons. The Hall–Kier alpha value is -1.84. The third-order valence-corrected chi connectivity index (χ3v) is 2.52. The normalized spacial score (nSPS) is 11.8. The maximum Gasteiger partial charge on any atom is 0.420 e. The molecule has 96 valence electrons. The highest BCUT2D eigenvalue weighted by Gasteiger charge is 2.22. The Morgan fingerprint density at radius 2 is 2.00 bits per heavy atom. The molecule has 1 heterocycles. The number of fused-ring (bicyclic) bond motifs is 1. The molecule has 0 spiro atoms. The average Bonchev–Trinajstić information content (AvgIpc) is 2.64. The maximum absolute atomic E-state index is 12.2. The number of rotatable bonds is 1. The van der Waals surface area contributed by atoms with E-state index in [2.05, 4.69) is 4.98 Å². The van der Waals surface area contributed by atoms with Crippen LogP contribution in [-0.2, 0) is 11.2 Å². The first kappa shape index (κ1) is 12.6. The van der Waals surface area contributed by atoms with Gasteiger partial charge in [0.15, 0.2) is 0 Å². The predicted octanol–water partition coefficient (Wildman–Crippen LogP) is 3.38. The highest BCUT2D eigenvalue weighted by molar-refractivity contribution is 5.87. The van der Waals surface area contributed by atoms with Gasteiger partial charge in [-0.1, -0.05) is 19.1 Å². The van der Waals surface area contributed by atoms with Crippen molar-refractivity contribution in [1.82, 2.24) is 9.55 Å². The predicted molar refractivity (Wildman–Crippen MR) is 70.7 cm³/mol. The maximum atomic E-state index is 12.2. The van der Waals surface area contributed by atoms with E-state index in [0.29, 0.717) is 6.42 Å². The van der Waals surface area contributed by atoms with Crippen LogP contribution in [0.3, 0.4) is 0 Å². The lowest BCUT2D eigenvalue weighted by atomic mass is 10.2. The van der Waals surface area contributed by atoms with E-state index < -0.39 is 5.60 Å².